The molecule has 34 heavy (non-hydrogen) atoms. The summed E-state index contributed by atoms with van der Waals surface area (Å²) in [6, 6.07) is 32.5. The van der Waals surface area contributed by atoms with Gasteiger partial charge in [0, 0.05) is 30.7 Å². The Morgan fingerprint density at radius 2 is 1.24 bits per heavy atom. The lowest BCUT2D eigenvalue weighted by atomic mass is 9.81. The van der Waals surface area contributed by atoms with E-state index in [1.165, 1.54) is 41.8 Å². The Morgan fingerprint density at radius 1 is 0.706 bits per heavy atom. The number of hydrogen-bond acceptors (Lipinski definition) is 3. The van der Waals surface area contributed by atoms with Crippen LogP contribution in [-0.4, -0.2) is 5.71 Å². The third kappa shape index (κ3) is 4.15. The van der Waals surface area contributed by atoms with Crippen molar-refractivity contribution in [2.45, 2.75) is 45.8 Å². The van der Waals surface area contributed by atoms with E-state index in [9.17, 15) is 0 Å². The summed E-state index contributed by atoms with van der Waals surface area (Å²) in [5.74, 6) is 0. The SMILES string of the molecule is C=C(C(C)=N)c1ccc2c(c1)C(C)(C)c1cc(Sc3ccccc3)c(Sc3ccccc3)cc1-2. The zero-order chi connectivity index (χ0) is 23.9. The molecule has 0 spiro atoms. The summed E-state index contributed by atoms with van der Waals surface area (Å²) < 4.78 is 0. The highest BCUT2D eigenvalue weighted by Crippen LogP contribution is 2.53. The fourth-order valence-electron chi connectivity index (χ4n) is 4.54. The lowest BCUT2D eigenvalue weighted by molar-refractivity contribution is 0.657. The molecule has 1 N–H and O–H groups in total. The monoisotopic (exact) mass is 477 g/mol. The second-order valence-corrected chi connectivity index (χ2v) is 11.4. The van der Waals surface area contributed by atoms with Crippen molar-refractivity contribution in [2.24, 2.45) is 0 Å². The van der Waals surface area contributed by atoms with Crippen LogP contribution in [0.1, 0.15) is 37.5 Å². The third-order valence-electron chi connectivity index (χ3n) is 6.48. The summed E-state index contributed by atoms with van der Waals surface area (Å²) in [6.45, 7) is 10.6. The average Bonchev–Trinajstić information content (AvgIpc) is 3.06. The van der Waals surface area contributed by atoms with Gasteiger partial charge in [0.05, 0.1) is 0 Å². The van der Waals surface area contributed by atoms with Crippen molar-refractivity contribution < 1.29 is 0 Å². The van der Waals surface area contributed by atoms with Crippen LogP contribution in [-0.2, 0) is 5.41 Å². The summed E-state index contributed by atoms with van der Waals surface area (Å²) in [6.07, 6.45) is 0. The van der Waals surface area contributed by atoms with E-state index >= 15 is 0 Å². The topological polar surface area (TPSA) is 23.9 Å². The Morgan fingerprint density at radius 3 is 1.79 bits per heavy atom. The first-order chi connectivity index (χ1) is 16.3. The number of fused-ring (bicyclic) bond motifs is 3. The molecule has 0 unspecified atom stereocenters. The van der Waals surface area contributed by atoms with E-state index in [-0.39, 0.29) is 5.41 Å². The van der Waals surface area contributed by atoms with Gasteiger partial charge < -0.3 is 5.41 Å². The normalized spacial score (nSPS) is 13.3. The quantitative estimate of drug-likeness (QED) is 0.280. The Balaban J connectivity index is 1.65. The van der Waals surface area contributed by atoms with Gasteiger partial charge in [-0.15, -0.1) is 0 Å². The van der Waals surface area contributed by atoms with Crippen LogP contribution in [0.25, 0.3) is 16.7 Å². The lowest BCUT2D eigenvalue weighted by Crippen LogP contribution is -2.15. The van der Waals surface area contributed by atoms with E-state index < -0.39 is 0 Å². The Hall–Kier alpha value is -3.01. The number of benzene rings is 4. The summed E-state index contributed by atoms with van der Waals surface area (Å²) in [4.78, 5) is 5.03. The first-order valence-electron chi connectivity index (χ1n) is 11.4. The molecule has 4 aromatic carbocycles. The third-order valence-corrected chi connectivity index (χ3v) is 8.74. The zero-order valence-electron chi connectivity index (χ0n) is 19.7. The van der Waals surface area contributed by atoms with Crippen molar-refractivity contribution in [3.8, 4) is 11.1 Å². The Labute approximate surface area is 210 Å². The van der Waals surface area contributed by atoms with Gasteiger partial charge in [0.25, 0.3) is 0 Å². The molecule has 0 aromatic heterocycles. The minimum atomic E-state index is -0.126. The fourth-order valence-corrected chi connectivity index (χ4v) is 6.55. The average molecular weight is 478 g/mol. The molecule has 3 heteroatoms. The van der Waals surface area contributed by atoms with Crippen molar-refractivity contribution in [2.75, 3.05) is 0 Å². The van der Waals surface area contributed by atoms with Crippen molar-refractivity contribution in [1.82, 2.24) is 0 Å². The maximum Gasteiger partial charge on any atom is 0.0355 e. The molecular weight excluding hydrogens is 450 g/mol. The van der Waals surface area contributed by atoms with Crippen molar-refractivity contribution in [3.05, 3.63) is 114 Å². The van der Waals surface area contributed by atoms with Gasteiger partial charge >= 0.3 is 0 Å². The predicted octanol–water partition coefficient (Wildman–Crippen LogP) is 9.35. The molecule has 0 atom stereocenters. The van der Waals surface area contributed by atoms with Crippen molar-refractivity contribution in [1.29, 1.82) is 5.41 Å². The second-order valence-electron chi connectivity index (χ2n) is 9.16. The highest BCUT2D eigenvalue weighted by atomic mass is 32.2. The lowest BCUT2D eigenvalue weighted by Gasteiger charge is -2.23. The minimum Gasteiger partial charge on any atom is -0.305 e. The highest BCUT2D eigenvalue weighted by Gasteiger charge is 2.36. The standard InChI is InChI=1S/C31H27NS2/c1-20(21(2)32)22-15-16-25-26-18-29(33-23-11-7-5-8-12-23)30(34-24-13-9-6-10-14-24)19-28(26)31(3,4)27(25)17-22/h5-19,32H,1H2,2-4H3. The molecule has 4 aromatic rings. The Bertz CT molecular complexity index is 1400. The molecule has 0 radical (unpaired) electrons. The minimum absolute atomic E-state index is 0.126. The van der Waals surface area contributed by atoms with Gasteiger partial charge in [-0.1, -0.05) is 92.5 Å². The predicted molar refractivity (Wildman–Crippen MR) is 148 cm³/mol. The zero-order valence-corrected chi connectivity index (χ0v) is 21.3. The van der Waals surface area contributed by atoms with E-state index in [4.69, 9.17) is 5.41 Å². The summed E-state index contributed by atoms with van der Waals surface area (Å²) in [7, 11) is 0. The second kappa shape index (κ2) is 8.98. The summed E-state index contributed by atoms with van der Waals surface area (Å²) in [5, 5.41) is 8.03. The van der Waals surface area contributed by atoms with Gasteiger partial charge in [0.2, 0.25) is 0 Å². The van der Waals surface area contributed by atoms with Crippen molar-refractivity contribution >= 4 is 34.8 Å². The molecule has 1 aliphatic rings. The number of allylic oxidation sites excluding steroid dienone is 1. The molecule has 1 aliphatic carbocycles. The van der Waals surface area contributed by atoms with Crippen LogP contribution in [0.4, 0.5) is 0 Å². The van der Waals surface area contributed by atoms with Crippen LogP contribution in [0, 0.1) is 5.41 Å². The molecule has 0 heterocycles. The van der Waals surface area contributed by atoms with E-state index in [0.29, 0.717) is 5.71 Å². The maximum absolute atomic E-state index is 8.03. The largest absolute Gasteiger partial charge is 0.305 e. The van der Waals surface area contributed by atoms with Crippen LogP contribution in [0.5, 0.6) is 0 Å². The fraction of sp³-hybridized carbons (Fsp3) is 0.129. The summed E-state index contributed by atoms with van der Waals surface area (Å²) >= 11 is 3.65. The van der Waals surface area contributed by atoms with Crippen molar-refractivity contribution in [3.63, 3.8) is 0 Å². The molecule has 168 valence electrons. The van der Waals surface area contributed by atoms with Crippen LogP contribution in [0.15, 0.2) is 117 Å². The maximum atomic E-state index is 8.03. The van der Waals surface area contributed by atoms with Gasteiger partial charge in [-0.25, -0.2) is 0 Å². The van der Waals surface area contributed by atoms with Gasteiger partial charge in [0.1, 0.15) is 0 Å². The molecule has 0 aliphatic heterocycles. The molecule has 0 bridgehead atoms. The molecule has 5 rings (SSSR count). The van der Waals surface area contributed by atoms with E-state index in [2.05, 4.69) is 111 Å². The van der Waals surface area contributed by atoms with E-state index in [1.54, 1.807) is 6.92 Å². The van der Waals surface area contributed by atoms with Gasteiger partial charge in [-0.2, -0.15) is 0 Å². The Kier molecular flexibility index (Phi) is 6.01. The van der Waals surface area contributed by atoms with Gasteiger partial charge in [-0.3, -0.25) is 0 Å². The molecule has 1 nitrogen and oxygen atoms in total. The highest BCUT2D eigenvalue weighted by molar-refractivity contribution is 8.02. The van der Waals surface area contributed by atoms with Crippen LogP contribution >= 0.6 is 23.5 Å². The molecule has 0 amide bonds. The molecule has 0 saturated carbocycles. The number of nitrogens with one attached hydrogen (secondary N) is 1. The first-order valence-corrected chi connectivity index (χ1v) is 13.0. The van der Waals surface area contributed by atoms with Gasteiger partial charge in [0.15, 0.2) is 0 Å². The molecule has 0 fully saturated rings. The van der Waals surface area contributed by atoms with Crippen LogP contribution in [0.2, 0.25) is 0 Å². The number of hydrogen-bond donors (Lipinski definition) is 1. The first kappa shape index (κ1) is 22.8. The van der Waals surface area contributed by atoms with E-state index in [1.807, 2.05) is 23.5 Å². The smallest absolute Gasteiger partial charge is 0.0355 e. The molecule has 0 saturated heterocycles. The van der Waals surface area contributed by atoms with Crippen LogP contribution in [0.3, 0.4) is 0 Å². The number of rotatable bonds is 6. The van der Waals surface area contributed by atoms with E-state index in [0.717, 1.165) is 11.1 Å². The van der Waals surface area contributed by atoms with Gasteiger partial charge in [-0.05, 0) is 82.8 Å². The molecular formula is C31H27NS2. The van der Waals surface area contributed by atoms with Crippen LogP contribution < -0.4 is 0 Å². The summed E-state index contributed by atoms with van der Waals surface area (Å²) in [5.41, 5.74) is 7.45.